The number of carbonyl (C=O) groups is 2. The van der Waals surface area contributed by atoms with Crippen LogP contribution in [0.4, 0.5) is 5.69 Å². The van der Waals surface area contributed by atoms with E-state index in [1.165, 1.54) is 17.0 Å². The molecule has 0 unspecified atom stereocenters. The summed E-state index contributed by atoms with van der Waals surface area (Å²) in [4.78, 5) is 28.5. The molecule has 3 aromatic carbocycles. The summed E-state index contributed by atoms with van der Waals surface area (Å²) in [5, 5.41) is 2.93. The predicted molar refractivity (Wildman–Crippen MR) is 159 cm³/mol. The van der Waals surface area contributed by atoms with Crippen LogP contribution in [-0.2, 0) is 26.2 Å². The summed E-state index contributed by atoms with van der Waals surface area (Å²) >= 11 is 2.14. The van der Waals surface area contributed by atoms with E-state index < -0.39 is 34.1 Å². The summed E-state index contributed by atoms with van der Waals surface area (Å²) in [7, 11) is -4.07. The van der Waals surface area contributed by atoms with E-state index in [0.717, 1.165) is 19.0 Å². The van der Waals surface area contributed by atoms with Crippen LogP contribution < -0.4 is 9.62 Å². The Hall–Kier alpha value is -2.92. The van der Waals surface area contributed by atoms with Gasteiger partial charge in [0.25, 0.3) is 10.0 Å². The van der Waals surface area contributed by atoms with E-state index in [0.29, 0.717) is 5.69 Å². The molecule has 7 nitrogen and oxygen atoms in total. The Balaban J connectivity index is 2.01. The van der Waals surface area contributed by atoms with Gasteiger partial charge in [0.2, 0.25) is 11.8 Å². The van der Waals surface area contributed by atoms with Crippen molar-refractivity contribution in [2.45, 2.75) is 57.6 Å². The van der Waals surface area contributed by atoms with E-state index in [1.807, 2.05) is 52.0 Å². The Morgan fingerprint density at radius 3 is 2.05 bits per heavy atom. The Labute approximate surface area is 239 Å². The largest absolute Gasteiger partial charge is 0.350 e. The van der Waals surface area contributed by atoms with Crippen molar-refractivity contribution in [2.75, 3.05) is 10.8 Å². The fraction of sp³-hybridized carbons (Fsp3) is 0.310. The fourth-order valence-corrected chi connectivity index (χ4v) is 5.60. The Morgan fingerprint density at radius 2 is 1.50 bits per heavy atom. The third kappa shape index (κ3) is 7.80. The standard InChI is InChI=1S/C29H34IN3O4S/c1-21-11-13-23(14-12-21)19-32(22(2)28(35)31-29(3,4)5)27(34)20-33(25-17-15-24(30)16-18-25)38(36,37)26-9-7-6-8-10-26/h6-18,22H,19-20H2,1-5H3,(H,31,35)/t22-/m1/s1. The lowest BCUT2D eigenvalue weighted by molar-refractivity contribution is -0.140. The lowest BCUT2D eigenvalue weighted by Crippen LogP contribution is -2.54. The van der Waals surface area contributed by atoms with Crippen LogP contribution in [0.25, 0.3) is 0 Å². The van der Waals surface area contributed by atoms with Crippen molar-refractivity contribution in [1.82, 2.24) is 10.2 Å². The number of rotatable bonds is 9. The molecule has 1 N–H and O–H groups in total. The van der Waals surface area contributed by atoms with E-state index in [-0.39, 0.29) is 17.3 Å². The molecule has 2 amide bonds. The second-order valence-corrected chi connectivity index (χ2v) is 13.3. The van der Waals surface area contributed by atoms with E-state index in [1.54, 1.807) is 49.4 Å². The van der Waals surface area contributed by atoms with Gasteiger partial charge in [-0.1, -0.05) is 48.0 Å². The van der Waals surface area contributed by atoms with E-state index >= 15 is 0 Å². The van der Waals surface area contributed by atoms with Crippen molar-refractivity contribution in [1.29, 1.82) is 0 Å². The smallest absolute Gasteiger partial charge is 0.264 e. The number of hydrogen-bond donors (Lipinski definition) is 1. The molecule has 0 radical (unpaired) electrons. The van der Waals surface area contributed by atoms with Crippen molar-refractivity contribution in [3.05, 3.63) is 93.6 Å². The SMILES string of the molecule is Cc1ccc(CN(C(=O)CN(c2ccc(I)cc2)S(=O)(=O)c2ccccc2)[C@H](C)C(=O)NC(C)(C)C)cc1. The van der Waals surface area contributed by atoms with Crippen LogP contribution in [0.15, 0.2) is 83.8 Å². The number of carbonyl (C=O) groups excluding carboxylic acids is 2. The Bertz CT molecular complexity index is 1350. The molecule has 0 aliphatic carbocycles. The molecular formula is C29H34IN3O4S. The van der Waals surface area contributed by atoms with Gasteiger partial charge in [0.15, 0.2) is 0 Å². The number of sulfonamides is 1. The molecule has 0 aromatic heterocycles. The number of nitrogens with one attached hydrogen (secondary N) is 1. The van der Waals surface area contributed by atoms with Gasteiger partial charge in [-0.25, -0.2) is 8.42 Å². The maximum atomic E-state index is 13.9. The molecule has 0 bridgehead atoms. The van der Waals surface area contributed by atoms with Crippen molar-refractivity contribution in [2.24, 2.45) is 0 Å². The maximum absolute atomic E-state index is 13.9. The van der Waals surface area contributed by atoms with Crippen LogP contribution in [-0.4, -0.2) is 43.3 Å². The molecule has 38 heavy (non-hydrogen) atoms. The molecule has 0 fully saturated rings. The summed E-state index contributed by atoms with van der Waals surface area (Å²) in [5.74, 6) is -0.801. The minimum atomic E-state index is -4.07. The number of anilines is 1. The lowest BCUT2D eigenvalue weighted by atomic mass is 10.1. The molecule has 9 heteroatoms. The normalized spacial score (nSPS) is 12.5. The Morgan fingerprint density at radius 1 is 0.921 bits per heavy atom. The number of amides is 2. The van der Waals surface area contributed by atoms with Gasteiger partial charge in [0.05, 0.1) is 10.6 Å². The second-order valence-electron chi connectivity index (χ2n) is 10.2. The van der Waals surface area contributed by atoms with E-state index in [4.69, 9.17) is 0 Å². The first-order valence-electron chi connectivity index (χ1n) is 12.3. The monoisotopic (exact) mass is 647 g/mol. The van der Waals surface area contributed by atoms with Crippen LogP contribution in [0.1, 0.15) is 38.8 Å². The molecule has 0 saturated carbocycles. The number of hydrogen-bond acceptors (Lipinski definition) is 4. The number of halogens is 1. The van der Waals surface area contributed by atoms with Gasteiger partial charge >= 0.3 is 0 Å². The van der Waals surface area contributed by atoms with Crippen molar-refractivity contribution in [3.8, 4) is 0 Å². The van der Waals surface area contributed by atoms with Crippen LogP contribution in [0.3, 0.4) is 0 Å². The molecule has 0 saturated heterocycles. The van der Waals surface area contributed by atoms with Gasteiger partial charge < -0.3 is 10.2 Å². The lowest BCUT2D eigenvalue weighted by Gasteiger charge is -2.33. The average Bonchev–Trinajstić information content (AvgIpc) is 2.86. The van der Waals surface area contributed by atoms with Crippen LogP contribution in [0.5, 0.6) is 0 Å². The first-order chi connectivity index (χ1) is 17.8. The molecule has 0 aliphatic rings. The van der Waals surface area contributed by atoms with Gasteiger partial charge in [-0.3, -0.25) is 13.9 Å². The topological polar surface area (TPSA) is 86.8 Å². The quantitative estimate of drug-likeness (QED) is 0.327. The number of benzene rings is 3. The Kier molecular flexibility index (Phi) is 9.59. The molecule has 0 spiro atoms. The average molecular weight is 648 g/mol. The van der Waals surface area contributed by atoms with Crippen molar-refractivity contribution in [3.63, 3.8) is 0 Å². The van der Waals surface area contributed by atoms with Gasteiger partial charge in [0.1, 0.15) is 12.6 Å². The number of nitrogens with zero attached hydrogens (tertiary/aromatic N) is 2. The van der Waals surface area contributed by atoms with Crippen molar-refractivity contribution >= 4 is 50.1 Å². The molecule has 3 rings (SSSR count). The van der Waals surface area contributed by atoms with E-state index in [2.05, 4.69) is 27.9 Å². The van der Waals surface area contributed by atoms with E-state index in [9.17, 15) is 18.0 Å². The van der Waals surface area contributed by atoms with Gasteiger partial charge in [-0.15, -0.1) is 0 Å². The van der Waals surface area contributed by atoms with Gasteiger partial charge in [-0.05, 0) is 99.2 Å². The van der Waals surface area contributed by atoms with Crippen LogP contribution >= 0.6 is 22.6 Å². The maximum Gasteiger partial charge on any atom is 0.264 e. The summed E-state index contributed by atoms with van der Waals surface area (Å²) in [6.45, 7) is 8.94. The van der Waals surface area contributed by atoms with Crippen LogP contribution in [0, 0.1) is 10.5 Å². The van der Waals surface area contributed by atoms with Crippen molar-refractivity contribution < 1.29 is 18.0 Å². The van der Waals surface area contributed by atoms with Gasteiger partial charge in [0, 0.05) is 15.7 Å². The molecular weight excluding hydrogens is 613 g/mol. The highest BCUT2D eigenvalue weighted by Gasteiger charge is 2.33. The molecule has 0 heterocycles. The zero-order valence-electron chi connectivity index (χ0n) is 22.3. The summed E-state index contributed by atoms with van der Waals surface area (Å²) in [6, 6.07) is 21.8. The summed E-state index contributed by atoms with van der Waals surface area (Å²) in [5.41, 5.74) is 1.79. The summed E-state index contributed by atoms with van der Waals surface area (Å²) in [6.07, 6.45) is 0. The third-order valence-corrected chi connectivity index (χ3v) is 8.37. The minimum absolute atomic E-state index is 0.0787. The highest BCUT2D eigenvalue weighted by atomic mass is 127. The predicted octanol–water partition coefficient (Wildman–Crippen LogP) is 5.13. The first-order valence-corrected chi connectivity index (χ1v) is 14.8. The summed E-state index contributed by atoms with van der Waals surface area (Å²) < 4.78 is 29.5. The number of aryl methyl sites for hydroxylation is 1. The molecule has 3 aromatic rings. The van der Waals surface area contributed by atoms with Gasteiger partial charge in [-0.2, -0.15) is 0 Å². The van der Waals surface area contributed by atoms with Crippen LogP contribution in [0.2, 0.25) is 0 Å². The zero-order valence-corrected chi connectivity index (χ0v) is 25.3. The first kappa shape index (κ1) is 29.6. The highest BCUT2D eigenvalue weighted by Crippen LogP contribution is 2.25. The highest BCUT2D eigenvalue weighted by molar-refractivity contribution is 14.1. The fourth-order valence-electron chi connectivity index (χ4n) is 3.80. The molecule has 202 valence electrons. The molecule has 1 atom stereocenters. The second kappa shape index (κ2) is 12.3. The minimum Gasteiger partial charge on any atom is -0.350 e. The third-order valence-electron chi connectivity index (χ3n) is 5.86. The zero-order chi connectivity index (χ0) is 28.1. The molecule has 0 aliphatic heterocycles.